The smallest absolute Gasteiger partial charge is 0.434 e. The third-order valence-electron chi connectivity index (χ3n) is 3.50. The Bertz CT molecular complexity index is 532. The Morgan fingerprint density at radius 2 is 1.39 bits per heavy atom. The zero-order valence-corrected chi connectivity index (χ0v) is 17.6. The van der Waals surface area contributed by atoms with E-state index in [-0.39, 0.29) is 38.6 Å². The van der Waals surface area contributed by atoms with Gasteiger partial charge in [0.15, 0.2) is 0 Å². The van der Waals surface area contributed by atoms with Crippen LogP contribution in [-0.4, -0.2) is 81.8 Å². The fourth-order valence-corrected chi connectivity index (χ4v) is 2.06. The minimum Gasteiger partial charge on any atom is -0.434 e. The van der Waals surface area contributed by atoms with Gasteiger partial charge in [0.1, 0.15) is 6.04 Å². The van der Waals surface area contributed by atoms with Gasteiger partial charge < -0.3 is 19.5 Å². The molecule has 2 unspecified atom stereocenters. The van der Waals surface area contributed by atoms with Crippen molar-refractivity contribution in [3.8, 4) is 0 Å². The Labute approximate surface area is 178 Å². The summed E-state index contributed by atoms with van der Waals surface area (Å²) in [6.45, 7) is 4.51. The molecule has 0 aliphatic carbocycles. The molecule has 0 fully saturated rings. The minimum absolute atomic E-state index is 0.00390. The number of nitrogens with one attached hydrogen (secondary N) is 1. The molecule has 15 heteroatoms. The summed E-state index contributed by atoms with van der Waals surface area (Å²) in [7, 11) is 0. The SMILES string of the molecule is CC(OC(=O)OCCCCON(O)O)OC(=O)C(NC(=O)CCCON(O)O)C(C)C. The standard InChI is InChI=1S/C16H31N3O12/c1-11(2)14(17-13(20)7-6-10-29-19(25)26)15(21)30-12(3)31-16(22)27-8-4-5-9-28-18(23)24/h11-12,14,23-26H,4-10H2,1-3H3,(H,17,20). The number of ether oxygens (including phenoxy) is 3. The Morgan fingerprint density at radius 1 is 0.839 bits per heavy atom. The molecule has 0 saturated carbocycles. The van der Waals surface area contributed by atoms with E-state index in [9.17, 15) is 14.4 Å². The van der Waals surface area contributed by atoms with Crippen LogP contribution in [0.2, 0.25) is 0 Å². The lowest BCUT2D eigenvalue weighted by atomic mass is 10.0. The Morgan fingerprint density at radius 3 is 1.94 bits per heavy atom. The van der Waals surface area contributed by atoms with Gasteiger partial charge in [0.2, 0.25) is 12.2 Å². The van der Waals surface area contributed by atoms with E-state index in [1.807, 2.05) is 0 Å². The highest BCUT2D eigenvalue weighted by Gasteiger charge is 2.28. The molecule has 0 bridgehead atoms. The van der Waals surface area contributed by atoms with Crippen LogP contribution in [0.3, 0.4) is 0 Å². The van der Waals surface area contributed by atoms with Crippen molar-refractivity contribution >= 4 is 18.0 Å². The normalized spacial score (nSPS) is 13.2. The van der Waals surface area contributed by atoms with Crippen molar-refractivity contribution in [3.63, 3.8) is 0 Å². The van der Waals surface area contributed by atoms with Gasteiger partial charge in [0.25, 0.3) is 0 Å². The highest BCUT2D eigenvalue weighted by molar-refractivity contribution is 5.84. The lowest BCUT2D eigenvalue weighted by Crippen LogP contribution is -2.46. The van der Waals surface area contributed by atoms with E-state index < -0.39 is 41.1 Å². The molecule has 1 amide bonds. The number of carbonyl (C=O) groups is 3. The van der Waals surface area contributed by atoms with Gasteiger partial charge in [-0.2, -0.15) is 0 Å². The van der Waals surface area contributed by atoms with Crippen LogP contribution in [0.15, 0.2) is 0 Å². The van der Waals surface area contributed by atoms with Crippen molar-refractivity contribution < 1.29 is 59.1 Å². The summed E-state index contributed by atoms with van der Waals surface area (Å²) in [5.41, 5.74) is 0. The maximum Gasteiger partial charge on any atom is 0.511 e. The lowest BCUT2D eigenvalue weighted by molar-refractivity contribution is -0.492. The first-order valence-electron chi connectivity index (χ1n) is 9.47. The van der Waals surface area contributed by atoms with Crippen molar-refractivity contribution in [1.82, 2.24) is 16.1 Å². The number of esters is 1. The largest absolute Gasteiger partial charge is 0.511 e. The second-order valence-electron chi connectivity index (χ2n) is 6.49. The molecule has 15 nitrogen and oxygen atoms in total. The van der Waals surface area contributed by atoms with E-state index in [2.05, 4.69) is 15.0 Å². The Hall–Kier alpha value is -2.11. The first-order chi connectivity index (χ1) is 14.5. The number of nitrogens with zero attached hydrogens (tertiary/aromatic N) is 2. The third-order valence-corrected chi connectivity index (χ3v) is 3.50. The minimum atomic E-state index is -1.27. The molecule has 0 rings (SSSR count). The molecule has 0 radical (unpaired) electrons. The van der Waals surface area contributed by atoms with Crippen LogP contribution < -0.4 is 5.32 Å². The summed E-state index contributed by atoms with van der Waals surface area (Å²) in [6.07, 6.45) is -1.48. The van der Waals surface area contributed by atoms with Gasteiger partial charge in [-0.1, -0.05) is 13.8 Å². The summed E-state index contributed by atoms with van der Waals surface area (Å²) in [6, 6.07) is -1.000. The molecule has 0 heterocycles. The molecule has 0 aliphatic heterocycles. The van der Waals surface area contributed by atoms with Crippen molar-refractivity contribution in [2.75, 3.05) is 19.8 Å². The molecule has 0 aromatic rings. The van der Waals surface area contributed by atoms with Gasteiger partial charge in [-0.3, -0.25) is 35.3 Å². The fourth-order valence-electron chi connectivity index (χ4n) is 2.06. The Kier molecular flexibility index (Phi) is 15.4. The van der Waals surface area contributed by atoms with Crippen LogP contribution in [0.5, 0.6) is 0 Å². The van der Waals surface area contributed by atoms with Crippen LogP contribution >= 0.6 is 0 Å². The molecular formula is C16H31N3O12. The van der Waals surface area contributed by atoms with E-state index in [4.69, 9.17) is 35.0 Å². The zero-order chi connectivity index (χ0) is 23.8. The monoisotopic (exact) mass is 457 g/mol. The van der Waals surface area contributed by atoms with Gasteiger partial charge in [0.05, 0.1) is 30.6 Å². The van der Waals surface area contributed by atoms with Gasteiger partial charge in [-0.25, -0.2) is 9.59 Å². The lowest BCUT2D eigenvalue weighted by Gasteiger charge is -2.23. The third kappa shape index (κ3) is 16.3. The van der Waals surface area contributed by atoms with Gasteiger partial charge >= 0.3 is 12.1 Å². The summed E-state index contributed by atoms with van der Waals surface area (Å²) >= 11 is 0. The van der Waals surface area contributed by atoms with Gasteiger partial charge in [0, 0.05) is 13.3 Å². The van der Waals surface area contributed by atoms with Crippen molar-refractivity contribution in [1.29, 1.82) is 0 Å². The van der Waals surface area contributed by atoms with Gasteiger partial charge in [-0.15, -0.1) is 0 Å². The topological polar surface area (TPSA) is 197 Å². The first-order valence-corrected chi connectivity index (χ1v) is 9.47. The summed E-state index contributed by atoms with van der Waals surface area (Å²) < 4.78 is 14.6. The number of amides is 1. The molecule has 5 N–H and O–H groups in total. The van der Waals surface area contributed by atoms with E-state index in [1.165, 1.54) is 6.92 Å². The van der Waals surface area contributed by atoms with Crippen LogP contribution in [0.4, 0.5) is 4.79 Å². The van der Waals surface area contributed by atoms with Crippen LogP contribution in [0, 0.1) is 5.92 Å². The van der Waals surface area contributed by atoms with E-state index in [1.54, 1.807) is 13.8 Å². The molecule has 0 aliphatic rings. The molecule has 0 aromatic heterocycles. The quantitative estimate of drug-likeness (QED) is 0.0941. The summed E-state index contributed by atoms with van der Waals surface area (Å²) in [4.78, 5) is 44.5. The second kappa shape index (κ2) is 16.6. The average molecular weight is 457 g/mol. The van der Waals surface area contributed by atoms with E-state index in [0.29, 0.717) is 12.8 Å². The van der Waals surface area contributed by atoms with Crippen molar-refractivity contribution in [3.05, 3.63) is 0 Å². The van der Waals surface area contributed by atoms with Crippen LogP contribution in [-0.2, 0) is 33.5 Å². The number of unbranched alkanes of at least 4 members (excludes halogenated alkanes) is 1. The molecule has 182 valence electrons. The van der Waals surface area contributed by atoms with Crippen LogP contribution in [0.1, 0.15) is 46.5 Å². The van der Waals surface area contributed by atoms with Crippen molar-refractivity contribution in [2.24, 2.45) is 5.92 Å². The maximum absolute atomic E-state index is 12.3. The number of carbonyl (C=O) groups excluding carboxylic acids is 3. The summed E-state index contributed by atoms with van der Waals surface area (Å²) in [5.74, 6) is -1.62. The van der Waals surface area contributed by atoms with Crippen molar-refractivity contribution in [2.45, 2.75) is 58.8 Å². The van der Waals surface area contributed by atoms with Gasteiger partial charge in [-0.05, 0) is 25.2 Å². The molecule has 0 spiro atoms. The number of hydrogen-bond donors (Lipinski definition) is 5. The summed E-state index contributed by atoms with van der Waals surface area (Å²) in [5, 5.41) is 35.1. The first kappa shape index (κ1) is 28.9. The molecule has 2 atom stereocenters. The predicted octanol–water partition coefficient (Wildman–Crippen LogP) is 0.754. The van der Waals surface area contributed by atoms with E-state index in [0.717, 1.165) is 0 Å². The Balaban J connectivity index is 4.24. The molecule has 31 heavy (non-hydrogen) atoms. The zero-order valence-electron chi connectivity index (χ0n) is 17.6. The average Bonchev–Trinajstić information content (AvgIpc) is 2.65. The highest BCUT2D eigenvalue weighted by atomic mass is 17.1. The van der Waals surface area contributed by atoms with E-state index >= 15 is 0 Å². The molecular weight excluding hydrogens is 426 g/mol. The second-order valence-corrected chi connectivity index (χ2v) is 6.49. The highest BCUT2D eigenvalue weighted by Crippen LogP contribution is 2.08. The molecule has 0 aromatic carbocycles. The molecule has 0 saturated heterocycles. The maximum atomic E-state index is 12.3. The van der Waals surface area contributed by atoms with Crippen LogP contribution in [0.25, 0.3) is 0 Å². The fraction of sp³-hybridized carbons (Fsp3) is 0.812. The number of hydrogen-bond acceptors (Lipinski definition) is 14. The predicted molar refractivity (Wildman–Crippen MR) is 96.0 cm³/mol. The number of rotatable bonds is 16.